The third-order valence-electron chi connectivity index (χ3n) is 4.05. The van der Waals surface area contributed by atoms with Crippen molar-refractivity contribution in [1.29, 1.82) is 0 Å². The number of nitrogens with two attached hydrogens (primary N) is 1. The van der Waals surface area contributed by atoms with Crippen LogP contribution >= 0.6 is 0 Å². The summed E-state index contributed by atoms with van der Waals surface area (Å²) in [6.45, 7) is 0.489. The highest BCUT2D eigenvalue weighted by atomic mass is 16.5. The molecule has 0 radical (unpaired) electrons. The summed E-state index contributed by atoms with van der Waals surface area (Å²) in [6, 6.07) is 11.4. The number of hydrogen-bond donors (Lipinski definition) is 2. The molecule has 0 atom stereocenters. The van der Waals surface area contributed by atoms with Gasteiger partial charge in [-0.05, 0) is 29.8 Å². The minimum absolute atomic E-state index is 0.0556. The topological polar surface area (TPSA) is 86.6 Å². The van der Waals surface area contributed by atoms with Crippen molar-refractivity contribution in [2.45, 2.75) is 6.54 Å². The van der Waals surface area contributed by atoms with E-state index in [4.69, 9.17) is 10.6 Å². The summed E-state index contributed by atoms with van der Waals surface area (Å²) >= 11 is 0. The van der Waals surface area contributed by atoms with Crippen molar-refractivity contribution in [2.24, 2.45) is 5.84 Å². The molecule has 116 valence electrons. The van der Waals surface area contributed by atoms with E-state index in [9.17, 15) is 4.79 Å². The minimum atomic E-state index is -0.0556. The summed E-state index contributed by atoms with van der Waals surface area (Å²) in [5.41, 5.74) is 5.16. The Kier molecular flexibility index (Phi) is 2.95. The highest BCUT2D eigenvalue weighted by molar-refractivity contribution is 5.95. The Labute approximate surface area is 131 Å². The van der Waals surface area contributed by atoms with Gasteiger partial charge < -0.3 is 14.7 Å². The van der Waals surface area contributed by atoms with E-state index in [1.54, 1.807) is 28.5 Å². The van der Waals surface area contributed by atoms with Crippen LogP contribution in [0.3, 0.4) is 0 Å². The lowest BCUT2D eigenvalue weighted by Crippen LogP contribution is -2.16. The highest BCUT2D eigenvalue weighted by Crippen LogP contribution is 2.23. The molecule has 3 heterocycles. The fourth-order valence-corrected chi connectivity index (χ4v) is 2.89. The number of methoxy groups -OCH3 is 1. The number of rotatable bonds is 4. The number of aromatic nitrogens is 3. The number of nitrogens with zero attached hydrogens (tertiary/aromatic N) is 3. The van der Waals surface area contributed by atoms with E-state index in [-0.39, 0.29) is 5.56 Å². The lowest BCUT2D eigenvalue weighted by atomic mass is 10.2. The molecule has 0 aliphatic rings. The molecule has 0 unspecified atom stereocenters. The second-order valence-electron chi connectivity index (χ2n) is 5.31. The average Bonchev–Trinajstić information content (AvgIpc) is 3.14. The van der Waals surface area contributed by atoms with Crippen molar-refractivity contribution in [3.63, 3.8) is 0 Å². The Morgan fingerprint density at radius 2 is 2.00 bits per heavy atom. The van der Waals surface area contributed by atoms with Gasteiger partial charge in [0.25, 0.3) is 5.56 Å². The number of hydrazine groups is 1. The van der Waals surface area contributed by atoms with Crippen molar-refractivity contribution in [2.75, 3.05) is 12.5 Å². The molecule has 3 aromatic heterocycles. The van der Waals surface area contributed by atoms with Crippen LogP contribution < -0.4 is 21.6 Å². The van der Waals surface area contributed by atoms with Crippen LogP contribution in [0.15, 0.2) is 47.4 Å². The molecule has 0 saturated heterocycles. The first-order chi connectivity index (χ1) is 11.2. The van der Waals surface area contributed by atoms with Crippen LogP contribution in [0, 0.1) is 0 Å². The molecular formula is C16H15N5O2. The Hall–Kier alpha value is -3.06. The summed E-state index contributed by atoms with van der Waals surface area (Å²) < 4.78 is 8.55. The van der Waals surface area contributed by atoms with Gasteiger partial charge in [-0.25, -0.2) is 10.4 Å². The maximum atomic E-state index is 12.7. The van der Waals surface area contributed by atoms with E-state index in [0.717, 1.165) is 22.3 Å². The number of anilines is 1. The third-order valence-corrected chi connectivity index (χ3v) is 4.05. The summed E-state index contributed by atoms with van der Waals surface area (Å²) in [5, 5.41) is 4.81. The van der Waals surface area contributed by atoms with E-state index in [1.807, 2.05) is 30.3 Å². The lowest BCUT2D eigenvalue weighted by molar-refractivity contribution is 0.414. The van der Waals surface area contributed by atoms with Gasteiger partial charge in [-0.3, -0.25) is 4.79 Å². The van der Waals surface area contributed by atoms with E-state index < -0.39 is 0 Å². The molecule has 3 N–H and O–H groups in total. The van der Waals surface area contributed by atoms with Gasteiger partial charge in [0.2, 0.25) is 0 Å². The van der Waals surface area contributed by atoms with Gasteiger partial charge in [0, 0.05) is 0 Å². The molecule has 1 aromatic carbocycles. The van der Waals surface area contributed by atoms with Crippen molar-refractivity contribution in [1.82, 2.24) is 14.2 Å². The largest absolute Gasteiger partial charge is 0.497 e. The Morgan fingerprint density at radius 3 is 2.70 bits per heavy atom. The normalized spacial score (nSPS) is 11.4. The number of benzene rings is 1. The zero-order chi connectivity index (χ0) is 16.0. The number of pyridine rings is 1. The fraction of sp³-hybridized carbons (Fsp3) is 0.125. The molecule has 4 rings (SSSR count). The Bertz CT molecular complexity index is 1030. The molecular weight excluding hydrogens is 294 g/mol. The monoisotopic (exact) mass is 309 g/mol. The average molecular weight is 309 g/mol. The molecule has 0 amide bonds. The van der Waals surface area contributed by atoms with Gasteiger partial charge in [-0.15, -0.1) is 0 Å². The molecule has 4 aromatic rings. The van der Waals surface area contributed by atoms with Crippen molar-refractivity contribution < 1.29 is 4.74 Å². The minimum Gasteiger partial charge on any atom is -0.497 e. The third kappa shape index (κ3) is 1.94. The van der Waals surface area contributed by atoms with E-state index in [1.165, 1.54) is 0 Å². The molecule has 0 bridgehead atoms. The highest BCUT2D eigenvalue weighted by Gasteiger charge is 2.17. The predicted octanol–water partition coefficient (Wildman–Crippen LogP) is 1.43. The van der Waals surface area contributed by atoms with Gasteiger partial charge in [0.1, 0.15) is 17.1 Å². The first-order valence-corrected chi connectivity index (χ1v) is 7.15. The molecule has 23 heavy (non-hydrogen) atoms. The zero-order valence-electron chi connectivity index (χ0n) is 12.5. The van der Waals surface area contributed by atoms with Crippen LogP contribution in [0.25, 0.3) is 16.4 Å². The van der Waals surface area contributed by atoms with Crippen LogP contribution in [-0.4, -0.2) is 21.3 Å². The smallest absolute Gasteiger partial charge is 0.262 e. The second kappa shape index (κ2) is 4.99. The SMILES string of the molecule is COc1ccc(Cn2c(=O)c3cnn4c(NN)ccc2c34)cc1. The number of ether oxygens (including phenoxy) is 1. The fourth-order valence-electron chi connectivity index (χ4n) is 2.89. The number of hydrogen-bond acceptors (Lipinski definition) is 5. The molecule has 7 nitrogen and oxygen atoms in total. The number of nitrogen functional groups attached to an aromatic ring is 1. The van der Waals surface area contributed by atoms with Crippen LogP contribution in [0.5, 0.6) is 5.75 Å². The summed E-state index contributed by atoms with van der Waals surface area (Å²) in [5.74, 6) is 6.92. The van der Waals surface area contributed by atoms with Crippen LogP contribution in [0.4, 0.5) is 5.82 Å². The quantitative estimate of drug-likeness (QED) is 0.440. The summed E-state index contributed by atoms with van der Waals surface area (Å²) in [6.07, 6.45) is 1.58. The van der Waals surface area contributed by atoms with Crippen molar-refractivity contribution >= 4 is 22.2 Å². The van der Waals surface area contributed by atoms with Gasteiger partial charge in [-0.1, -0.05) is 12.1 Å². The van der Waals surface area contributed by atoms with Crippen molar-refractivity contribution in [3.05, 3.63) is 58.5 Å². The summed E-state index contributed by atoms with van der Waals surface area (Å²) in [4.78, 5) is 12.7. The molecule has 0 saturated carbocycles. The zero-order valence-corrected chi connectivity index (χ0v) is 12.5. The van der Waals surface area contributed by atoms with Crippen LogP contribution in [0.1, 0.15) is 5.56 Å². The predicted molar refractivity (Wildman–Crippen MR) is 88.1 cm³/mol. The van der Waals surface area contributed by atoms with Gasteiger partial charge >= 0.3 is 0 Å². The molecule has 0 spiro atoms. The van der Waals surface area contributed by atoms with E-state index in [0.29, 0.717) is 17.7 Å². The second-order valence-corrected chi connectivity index (χ2v) is 5.31. The van der Waals surface area contributed by atoms with Crippen molar-refractivity contribution in [3.8, 4) is 5.75 Å². The maximum Gasteiger partial charge on any atom is 0.262 e. The Morgan fingerprint density at radius 1 is 1.22 bits per heavy atom. The first kappa shape index (κ1) is 13.6. The van der Waals surface area contributed by atoms with E-state index in [2.05, 4.69) is 10.5 Å². The summed E-state index contributed by atoms with van der Waals surface area (Å²) in [7, 11) is 1.63. The van der Waals surface area contributed by atoms with Crippen LogP contribution in [-0.2, 0) is 6.54 Å². The first-order valence-electron chi connectivity index (χ1n) is 7.15. The standard InChI is InChI=1S/C16H15N5O2/c1-23-11-4-2-10(3-5-11)9-20-13-6-7-14(19-17)21-15(13)12(8-18-21)16(20)22/h2-8,19H,9,17H2,1H3. The molecule has 7 heteroatoms. The molecule has 0 aliphatic heterocycles. The van der Waals surface area contributed by atoms with E-state index >= 15 is 0 Å². The molecule has 0 aliphatic carbocycles. The number of nitrogens with one attached hydrogen (secondary N) is 1. The maximum absolute atomic E-state index is 12.7. The lowest BCUT2D eigenvalue weighted by Gasteiger charge is -2.08. The molecule has 0 fully saturated rings. The Balaban J connectivity index is 1.86. The van der Waals surface area contributed by atoms with Crippen LogP contribution in [0.2, 0.25) is 0 Å². The van der Waals surface area contributed by atoms with Gasteiger partial charge in [-0.2, -0.15) is 5.10 Å². The van der Waals surface area contributed by atoms with Gasteiger partial charge in [0.15, 0.2) is 0 Å². The van der Waals surface area contributed by atoms with Gasteiger partial charge in [0.05, 0.1) is 30.8 Å².